The summed E-state index contributed by atoms with van der Waals surface area (Å²) in [5.74, 6) is 1.43. The van der Waals surface area contributed by atoms with Crippen LogP contribution in [0.25, 0.3) is 10.2 Å². The molecule has 6 nitrogen and oxygen atoms in total. The molecular weight excluding hydrogens is 422 g/mol. The molecule has 8 heteroatoms. The van der Waals surface area contributed by atoms with Crippen molar-refractivity contribution in [2.24, 2.45) is 0 Å². The van der Waals surface area contributed by atoms with Crippen molar-refractivity contribution in [2.45, 2.75) is 19.4 Å². The molecule has 1 aliphatic heterocycles. The number of piperazine rings is 1. The fourth-order valence-corrected chi connectivity index (χ4v) is 4.65. The van der Waals surface area contributed by atoms with Crippen LogP contribution in [0.1, 0.15) is 13.8 Å². The summed E-state index contributed by atoms with van der Waals surface area (Å²) in [5.41, 5.74) is 0.00870. The summed E-state index contributed by atoms with van der Waals surface area (Å²) in [7, 11) is 1.66. The first kappa shape index (κ1) is 20.8. The van der Waals surface area contributed by atoms with Gasteiger partial charge in [-0.05, 0) is 56.3 Å². The van der Waals surface area contributed by atoms with Crippen LogP contribution in [0.15, 0.2) is 42.5 Å². The third-order valence-electron chi connectivity index (χ3n) is 5.12. The monoisotopic (exact) mass is 445 g/mol. The average Bonchev–Trinajstić information content (AvgIpc) is 3.18. The van der Waals surface area contributed by atoms with Gasteiger partial charge >= 0.3 is 0 Å². The molecule has 1 saturated heterocycles. The van der Waals surface area contributed by atoms with E-state index in [4.69, 9.17) is 26.1 Å². The summed E-state index contributed by atoms with van der Waals surface area (Å²) in [6, 6.07) is 13.0. The van der Waals surface area contributed by atoms with Gasteiger partial charge in [0.15, 0.2) is 10.7 Å². The summed E-state index contributed by atoms with van der Waals surface area (Å²) in [4.78, 5) is 21.9. The van der Waals surface area contributed by atoms with Gasteiger partial charge in [-0.15, -0.1) is 0 Å². The second-order valence-electron chi connectivity index (χ2n) is 7.68. The van der Waals surface area contributed by atoms with Crippen molar-refractivity contribution in [3.05, 3.63) is 47.5 Å². The number of nitrogens with zero attached hydrogens (tertiary/aromatic N) is 3. The van der Waals surface area contributed by atoms with E-state index < -0.39 is 5.60 Å². The summed E-state index contributed by atoms with van der Waals surface area (Å²) >= 11 is 7.57. The second-order valence-corrected chi connectivity index (χ2v) is 9.12. The zero-order chi connectivity index (χ0) is 21.3. The molecule has 0 saturated carbocycles. The average molecular weight is 446 g/mol. The topological polar surface area (TPSA) is 54.9 Å². The first-order valence-corrected chi connectivity index (χ1v) is 11.0. The Balaban J connectivity index is 1.39. The molecule has 158 valence electrons. The third-order valence-corrected chi connectivity index (χ3v) is 6.45. The van der Waals surface area contributed by atoms with Crippen molar-refractivity contribution in [1.82, 2.24) is 9.88 Å². The number of ether oxygens (including phenoxy) is 2. The van der Waals surface area contributed by atoms with E-state index in [1.807, 2.05) is 23.1 Å². The van der Waals surface area contributed by atoms with Gasteiger partial charge in [-0.3, -0.25) is 4.79 Å². The number of benzene rings is 2. The van der Waals surface area contributed by atoms with Crippen LogP contribution in [0.5, 0.6) is 11.5 Å². The highest BCUT2D eigenvalue weighted by Crippen LogP contribution is 2.32. The fourth-order valence-electron chi connectivity index (χ4n) is 3.48. The van der Waals surface area contributed by atoms with E-state index in [9.17, 15) is 4.79 Å². The highest BCUT2D eigenvalue weighted by atomic mass is 35.5. The largest absolute Gasteiger partial charge is 0.497 e. The minimum Gasteiger partial charge on any atom is -0.497 e. The van der Waals surface area contributed by atoms with Crippen molar-refractivity contribution in [3.8, 4) is 11.5 Å². The fraction of sp³-hybridized carbons (Fsp3) is 0.364. The van der Waals surface area contributed by atoms with Gasteiger partial charge in [-0.25, -0.2) is 4.98 Å². The van der Waals surface area contributed by atoms with Gasteiger partial charge in [0.2, 0.25) is 0 Å². The number of rotatable bonds is 5. The molecule has 2 aromatic carbocycles. The van der Waals surface area contributed by atoms with Crippen LogP contribution in [0, 0.1) is 0 Å². The van der Waals surface area contributed by atoms with Crippen LogP contribution < -0.4 is 14.4 Å². The van der Waals surface area contributed by atoms with Crippen LogP contribution in [-0.4, -0.2) is 54.7 Å². The molecule has 3 aromatic rings. The van der Waals surface area contributed by atoms with Crippen molar-refractivity contribution in [3.63, 3.8) is 0 Å². The maximum absolute atomic E-state index is 13.1. The molecule has 4 rings (SSSR count). The van der Waals surface area contributed by atoms with Gasteiger partial charge in [0.1, 0.15) is 11.5 Å². The minimum absolute atomic E-state index is 0.0221. The molecule has 0 bridgehead atoms. The van der Waals surface area contributed by atoms with Gasteiger partial charge in [0.05, 0.1) is 17.3 Å². The van der Waals surface area contributed by atoms with Crippen LogP contribution in [-0.2, 0) is 4.79 Å². The van der Waals surface area contributed by atoms with E-state index >= 15 is 0 Å². The minimum atomic E-state index is -0.956. The number of hydrogen-bond donors (Lipinski definition) is 0. The van der Waals surface area contributed by atoms with Crippen molar-refractivity contribution < 1.29 is 14.3 Å². The molecule has 30 heavy (non-hydrogen) atoms. The number of hydrogen-bond acceptors (Lipinski definition) is 6. The predicted molar refractivity (Wildman–Crippen MR) is 121 cm³/mol. The van der Waals surface area contributed by atoms with Crippen LogP contribution in [0.3, 0.4) is 0 Å². The van der Waals surface area contributed by atoms with Gasteiger partial charge in [0.25, 0.3) is 5.91 Å². The number of thiazole rings is 1. The number of carbonyl (C=O) groups excluding carboxylic acids is 1. The van der Waals surface area contributed by atoms with Gasteiger partial charge in [-0.1, -0.05) is 22.9 Å². The lowest BCUT2D eigenvalue weighted by Crippen LogP contribution is -2.55. The first-order chi connectivity index (χ1) is 14.4. The molecule has 0 radical (unpaired) electrons. The molecule has 0 spiro atoms. The smallest absolute Gasteiger partial charge is 0.266 e. The number of amides is 1. The normalized spacial score (nSPS) is 14.8. The molecular formula is C22H24ClN3O3S. The van der Waals surface area contributed by atoms with Crippen LogP contribution in [0.2, 0.25) is 5.02 Å². The van der Waals surface area contributed by atoms with Crippen molar-refractivity contribution >= 4 is 44.2 Å². The molecule has 0 N–H and O–H groups in total. The Labute approximate surface area is 185 Å². The molecule has 0 atom stereocenters. The van der Waals surface area contributed by atoms with E-state index in [1.165, 1.54) is 0 Å². The highest BCUT2D eigenvalue weighted by molar-refractivity contribution is 7.22. The van der Waals surface area contributed by atoms with E-state index in [-0.39, 0.29) is 5.91 Å². The lowest BCUT2D eigenvalue weighted by atomic mass is 10.1. The Morgan fingerprint density at radius 1 is 1.07 bits per heavy atom. The molecule has 2 heterocycles. The van der Waals surface area contributed by atoms with E-state index in [2.05, 4.69) is 4.90 Å². The third kappa shape index (κ3) is 4.32. The highest BCUT2D eigenvalue weighted by Gasteiger charge is 2.36. The zero-order valence-corrected chi connectivity index (χ0v) is 18.8. The summed E-state index contributed by atoms with van der Waals surface area (Å²) < 4.78 is 12.4. The van der Waals surface area contributed by atoms with Crippen molar-refractivity contribution in [2.75, 3.05) is 38.2 Å². The molecule has 0 unspecified atom stereocenters. The second kappa shape index (κ2) is 8.32. The standard InChI is InChI=1S/C22H24ClN3O3S/c1-22(2,29-16-6-4-15(23)5-7-16)20(27)25-10-12-26(13-11-25)21-24-18-9-8-17(28-3)14-19(18)30-21/h4-9,14H,10-13H2,1-3H3. The molecule has 1 aromatic heterocycles. The van der Waals surface area contributed by atoms with Gasteiger partial charge < -0.3 is 19.3 Å². The van der Waals surface area contributed by atoms with E-state index in [0.717, 1.165) is 34.2 Å². The maximum atomic E-state index is 13.1. The first-order valence-electron chi connectivity index (χ1n) is 9.79. The Morgan fingerprint density at radius 3 is 2.40 bits per heavy atom. The predicted octanol–water partition coefficient (Wildman–Crippen LogP) is 4.46. The van der Waals surface area contributed by atoms with Gasteiger partial charge in [0, 0.05) is 31.2 Å². The SMILES string of the molecule is COc1ccc2nc(N3CCN(C(=O)C(C)(C)Oc4ccc(Cl)cc4)CC3)sc2c1. The molecule has 0 aliphatic carbocycles. The Morgan fingerprint density at radius 2 is 1.73 bits per heavy atom. The molecule has 1 fully saturated rings. The van der Waals surface area contributed by atoms with E-state index in [1.54, 1.807) is 56.6 Å². The molecule has 1 aliphatic rings. The lowest BCUT2D eigenvalue weighted by molar-refractivity contribution is -0.145. The molecule has 1 amide bonds. The zero-order valence-electron chi connectivity index (χ0n) is 17.2. The van der Waals surface area contributed by atoms with Crippen LogP contribution in [0.4, 0.5) is 5.13 Å². The number of carbonyl (C=O) groups is 1. The number of fused-ring (bicyclic) bond motifs is 1. The van der Waals surface area contributed by atoms with E-state index in [0.29, 0.717) is 23.9 Å². The maximum Gasteiger partial charge on any atom is 0.266 e. The number of halogens is 1. The Kier molecular flexibility index (Phi) is 5.75. The number of aromatic nitrogens is 1. The van der Waals surface area contributed by atoms with Gasteiger partial charge in [-0.2, -0.15) is 0 Å². The summed E-state index contributed by atoms with van der Waals surface area (Å²) in [5, 5.41) is 1.61. The Hall–Kier alpha value is -2.51. The van der Waals surface area contributed by atoms with Crippen molar-refractivity contribution in [1.29, 1.82) is 0 Å². The Bertz CT molecular complexity index is 1040. The number of methoxy groups -OCH3 is 1. The quantitative estimate of drug-likeness (QED) is 0.580. The van der Waals surface area contributed by atoms with Crippen LogP contribution >= 0.6 is 22.9 Å². The summed E-state index contributed by atoms with van der Waals surface area (Å²) in [6.07, 6.45) is 0. The number of anilines is 1. The summed E-state index contributed by atoms with van der Waals surface area (Å²) in [6.45, 7) is 6.34. The lowest BCUT2D eigenvalue weighted by Gasteiger charge is -2.38.